The van der Waals surface area contributed by atoms with Crippen molar-refractivity contribution >= 4 is 28.7 Å². The molecule has 1 aromatic carbocycles. The maximum absolute atomic E-state index is 13.1. The number of likely N-dealkylation sites (tertiary alicyclic amines) is 1. The van der Waals surface area contributed by atoms with Crippen molar-refractivity contribution in [2.75, 3.05) is 18.5 Å². The van der Waals surface area contributed by atoms with Crippen molar-refractivity contribution in [1.29, 1.82) is 0 Å². The van der Waals surface area contributed by atoms with Crippen LogP contribution in [0.15, 0.2) is 30.5 Å². The van der Waals surface area contributed by atoms with E-state index >= 15 is 0 Å². The number of nitrogens with one attached hydrogen (secondary N) is 1. The molecule has 1 aliphatic rings. The van der Waals surface area contributed by atoms with Gasteiger partial charge in [0, 0.05) is 43.2 Å². The molecule has 3 heterocycles. The summed E-state index contributed by atoms with van der Waals surface area (Å²) in [4.78, 5) is 27.3. The second-order valence-electron chi connectivity index (χ2n) is 10.2. The Morgan fingerprint density at radius 1 is 1.19 bits per heavy atom. The summed E-state index contributed by atoms with van der Waals surface area (Å²) in [5.41, 5.74) is 1.49. The lowest BCUT2D eigenvalue weighted by molar-refractivity contribution is 0.0102. The first-order valence-electron chi connectivity index (χ1n) is 12.3. The molecule has 0 aliphatic carbocycles. The zero-order valence-electron chi connectivity index (χ0n) is 21.7. The summed E-state index contributed by atoms with van der Waals surface area (Å²) in [7, 11) is 1.83. The van der Waals surface area contributed by atoms with Crippen molar-refractivity contribution in [3.63, 3.8) is 0 Å². The number of benzene rings is 1. The van der Waals surface area contributed by atoms with E-state index < -0.39 is 5.60 Å². The van der Waals surface area contributed by atoms with Gasteiger partial charge in [0.15, 0.2) is 5.82 Å². The quantitative estimate of drug-likeness (QED) is 0.555. The van der Waals surface area contributed by atoms with Crippen molar-refractivity contribution in [3.8, 4) is 5.75 Å². The van der Waals surface area contributed by atoms with E-state index in [2.05, 4.69) is 20.6 Å². The predicted molar refractivity (Wildman–Crippen MR) is 136 cm³/mol. The standard InChI is InChI=1S/C26H34N6O4/c1-7-35-22-14-21-18(15-31(6)30-21)13-19(22)24(33)27-23-9-8-20(28-29-23)17-10-11-32(16(2)12-17)25(34)36-26(3,4)5/h8-9,13-17H,7,10-12H2,1-6H3,(H,27,29,33)/t16-,17?/m0/s1. The number of hydrogen-bond acceptors (Lipinski definition) is 7. The van der Waals surface area contributed by atoms with Gasteiger partial charge in [-0.2, -0.15) is 10.2 Å². The van der Waals surface area contributed by atoms with Crippen molar-refractivity contribution in [1.82, 2.24) is 24.9 Å². The molecule has 192 valence electrons. The second kappa shape index (κ2) is 10.1. The van der Waals surface area contributed by atoms with E-state index in [1.165, 1.54) is 0 Å². The molecule has 0 radical (unpaired) electrons. The molecule has 1 saturated heterocycles. The zero-order chi connectivity index (χ0) is 26.0. The molecule has 0 spiro atoms. The number of hydrogen-bond donors (Lipinski definition) is 1. The van der Waals surface area contributed by atoms with Gasteiger partial charge in [-0.15, -0.1) is 5.10 Å². The number of carbonyl (C=O) groups is 2. The smallest absolute Gasteiger partial charge is 0.410 e. The summed E-state index contributed by atoms with van der Waals surface area (Å²) in [6, 6.07) is 7.21. The van der Waals surface area contributed by atoms with Gasteiger partial charge in [0.1, 0.15) is 11.4 Å². The predicted octanol–water partition coefficient (Wildman–Crippen LogP) is 4.52. The maximum Gasteiger partial charge on any atom is 0.410 e. The third-order valence-corrected chi connectivity index (χ3v) is 6.11. The number of aromatic nitrogens is 4. The van der Waals surface area contributed by atoms with Crippen LogP contribution in [-0.4, -0.2) is 61.7 Å². The van der Waals surface area contributed by atoms with Gasteiger partial charge >= 0.3 is 6.09 Å². The lowest BCUT2D eigenvalue weighted by Crippen LogP contribution is -2.46. The Morgan fingerprint density at radius 3 is 2.61 bits per heavy atom. The molecule has 1 fully saturated rings. The number of ether oxygens (including phenoxy) is 2. The van der Waals surface area contributed by atoms with Gasteiger partial charge in [-0.1, -0.05) is 0 Å². The van der Waals surface area contributed by atoms with E-state index in [-0.39, 0.29) is 24.0 Å². The SMILES string of the molecule is CCOc1cc2nn(C)cc2cc1C(=O)Nc1ccc(C2CCN(C(=O)OC(C)(C)C)[C@@H](C)C2)nn1. The Balaban J connectivity index is 1.42. The Kier molecular flexibility index (Phi) is 7.14. The Bertz CT molecular complexity index is 1250. The normalized spacial score (nSPS) is 18.2. The van der Waals surface area contributed by atoms with Crippen molar-refractivity contribution in [3.05, 3.63) is 41.7 Å². The minimum absolute atomic E-state index is 0.0270. The highest BCUT2D eigenvalue weighted by Gasteiger charge is 2.33. The van der Waals surface area contributed by atoms with Crippen LogP contribution in [0.5, 0.6) is 5.75 Å². The number of fused-ring (bicyclic) bond motifs is 1. The minimum atomic E-state index is -0.521. The molecule has 4 rings (SSSR count). The summed E-state index contributed by atoms with van der Waals surface area (Å²) < 4.78 is 12.9. The van der Waals surface area contributed by atoms with Gasteiger partial charge in [0.2, 0.25) is 0 Å². The third-order valence-electron chi connectivity index (χ3n) is 6.11. The first-order valence-corrected chi connectivity index (χ1v) is 12.3. The van der Waals surface area contributed by atoms with E-state index in [0.717, 1.165) is 29.4 Å². The maximum atomic E-state index is 13.1. The lowest BCUT2D eigenvalue weighted by atomic mass is 9.89. The summed E-state index contributed by atoms with van der Waals surface area (Å²) >= 11 is 0. The minimum Gasteiger partial charge on any atom is -0.493 e. The van der Waals surface area contributed by atoms with Crippen LogP contribution in [0.3, 0.4) is 0 Å². The van der Waals surface area contributed by atoms with Gasteiger partial charge in [-0.3, -0.25) is 9.48 Å². The lowest BCUT2D eigenvalue weighted by Gasteiger charge is -2.38. The molecule has 3 aromatic rings. The van der Waals surface area contributed by atoms with E-state index in [4.69, 9.17) is 9.47 Å². The number of amides is 2. The molecule has 0 saturated carbocycles. The zero-order valence-corrected chi connectivity index (χ0v) is 21.7. The van der Waals surface area contributed by atoms with Crippen LogP contribution in [0.2, 0.25) is 0 Å². The fraction of sp³-hybridized carbons (Fsp3) is 0.500. The number of rotatable bonds is 5. The molecule has 36 heavy (non-hydrogen) atoms. The van der Waals surface area contributed by atoms with Gasteiger partial charge in [-0.05, 0) is 65.7 Å². The van der Waals surface area contributed by atoms with Crippen LogP contribution in [0.25, 0.3) is 10.9 Å². The highest BCUT2D eigenvalue weighted by molar-refractivity contribution is 6.08. The van der Waals surface area contributed by atoms with Crippen LogP contribution in [-0.2, 0) is 11.8 Å². The highest BCUT2D eigenvalue weighted by Crippen LogP contribution is 2.32. The number of aryl methyl sites for hydroxylation is 1. The Morgan fingerprint density at radius 2 is 1.97 bits per heavy atom. The first kappa shape index (κ1) is 25.4. The molecule has 2 aromatic heterocycles. The Labute approximate surface area is 211 Å². The number of anilines is 1. The van der Waals surface area contributed by atoms with E-state index in [9.17, 15) is 9.59 Å². The second-order valence-corrected chi connectivity index (χ2v) is 10.2. The van der Waals surface area contributed by atoms with Gasteiger partial charge in [0.25, 0.3) is 5.91 Å². The molecule has 0 bridgehead atoms. The summed E-state index contributed by atoms with van der Waals surface area (Å²) in [5.74, 6) is 0.673. The molecule has 1 unspecified atom stereocenters. The van der Waals surface area contributed by atoms with Crippen LogP contribution in [0.4, 0.5) is 10.6 Å². The van der Waals surface area contributed by atoms with E-state index in [0.29, 0.717) is 30.3 Å². The molecule has 10 heteroatoms. The molecule has 1 N–H and O–H groups in total. The molecule has 10 nitrogen and oxygen atoms in total. The average molecular weight is 495 g/mol. The fourth-order valence-corrected chi connectivity index (χ4v) is 4.47. The van der Waals surface area contributed by atoms with Crippen LogP contribution in [0.1, 0.15) is 69.4 Å². The molecule has 2 atom stereocenters. The number of carbonyl (C=O) groups excluding carboxylic acids is 2. The summed E-state index contributed by atoms with van der Waals surface area (Å²) in [6.07, 6.45) is 3.11. The van der Waals surface area contributed by atoms with E-state index in [1.807, 2.05) is 53.9 Å². The van der Waals surface area contributed by atoms with E-state index in [1.54, 1.807) is 27.8 Å². The molecule has 2 amide bonds. The molecule has 1 aliphatic heterocycles. The monoisotopic (exact) mass is 494 g/mol. The van der Waals surface area contributed by atoms with Gasteiger partial charge < -0.3 is 19.7 Å². The van der Waals surface area contributed by atoms with Crippen LogP contribution >= 0.6 is 0 Å². The molecular weight excluding hydrogens is 460 g/mol. The van der Waals surface area contributed by atoms with Crippen LogP contribution < -0.4 is 10.1 Å². The van der Waals surface area contributed by atoms with Gasteiger partial charge in [-0.25, -0.2) is 4.79 Å². The summed E-state index contributed by atoms with van der Waals surface area (Å²) in [5, 5.41) is 16.7. The average Bonchev–Trinajstić information content (AvgIpc) is 3.16. The largest absolute Gasteiger partial charge is 0.493 e. The summed E-state index contributed by atoms with van der Waals surface area (Å²) in [6.45, 7) is 10.5. The number of nitrogens with zero attached hydrogens (tertiary/aromatic N) is 5. The van der Waals surface area contributed by atoms with Crippen LogP contribution in [0, 0.1) is 0 Å². The van der Waals surface area contributed by atoms with Crippen molar-refractivity contribution < 1.29 is 19.1 Å². The fourth-order valence-electron chi connectivity index (χ4n) is 4.47. The van der Waals surface area contributed by atoms with Gasteiger partial charge in [0.05, 0.1) is 23.4 Å². The third kappa shape index (κ3) is 5.75. The topological polar surface area (TPSA) is 111 Å². The first-order chi connectivity index (χ1) is 17.0. The highest BCUT2D eigenvalue weighted by atomic mass is 16.6. The van der Waals surface area contributed by atoms with Crippen molar-refractivity contribution in [2.24, 2.45) is 7.05 Å². The van der Waals surface area contributed by atoms with Crippen molar-refractivity contribution in [2.45, 2.75) is 65.0 Å². The molecular formula is C26H34N6O4. The Hall–Kier alpha value is -3.69. The number of piperidine rings is 1.